The number of aromatic nitrogens is 2. The third-order valence-corrected chi connectivity index (χ3v) is 3.75. The summed E-state index contributed by atoms with van der Waals surface area (Å²) in [4.78, 5) is 19.0. The van der Waals surface area contributed by atoms with Crippen LogP contribution in [0.4, 0.5) is 0 Å². The molecule has 1 saturated carbocycles. The smallest absolute Gasteiger partial charge is 0.251 e. The van der Waals surface area contributed by atoms with Gasteiger partial charge in [-0.05, 0) is 51.1 Å². The van der Waals surface area contributed by atoms with Gasteiger partial charge < -0.3 is 10.3 Å². The highest BCUT2D eigenvalue weighted by Gasteiger charge is 2.26. The van der Waals surface area contributed by atoms with Crippen LogP contribution >= 0.6 is 0 Å². The largest absolute Gasteiger partial charge is 0.316 e. The molecule has 0 amide bonds. The molecule has 2 N–H and O–H groups in total. The van der Waals surface area contributed by atoms with E-state index in [1.54, 1.807) is 6.07 Å². The van der Waals surface area contributed by atoms with E-state index >= 15 is 0 Å². The molecule has 0 radical (unpaired) electrons. The number of hydrogen-bond acceptors (Lipinski definition) is 3. The van der Waals surface area contributed by atoms with Gasteiger partial charge in [-0.1, -0.05) is 0 Å². The van der Waals surface area contributed by atoms with E-state index < -0.39 is 0 Å². The molecule has 2 aliphatic rings. The van der Waals surface area contributed by atoms with Crippen molar-refractivity contribution in [3.05, 3.63) is 27.9 Å². The summed E-state index contributed by atoms with van der Waals surface area (Å²) >= 11 is 0. The zero-order chi connectivity index (χ0) is 11.7. The Bertz CT molecular complexity index is 444. The summed E-state index contributed by atoms with van der Waals surface area (Å²) in [6.07, 6.45) is 5.71. The van der Waals surface area contributed by atoms with Crippen LogP contribution in [0.15, 0.2) is 10.9 Å². The zero-order valence-corrected chi connectivity index (χ0v) is 10.0. The van der Waals surface area contributed by atoms with Gasteiger partial charge in [0.15, 0.2) is 0 Å². The van der Waals surface area contributed by atoms with E-state index in [4.69, 9.17) is 0 Å². The molecule has 1 atom stereocenters. The molecule has 2 fully saturated rings. The van der Waals surface area contributed by atoms with Crippen molar-refractivity contribution in [3.63, 3.8) is 0 Å². The average Bonchev–Trinajstić information content (AvgIpc) is 3.04. The molecule has 0 bridgehead atoms. The first kappa shape index (κ1) is 11.0. The van der Waals surface area contributed by atoms with Gasteiger partial charge in [0.25, 0.3) is 5.56 Å². The van der Waals surface area contributed by atoms with Crippen LogP contribution in [-0.4, -0.2) is 23.1 Å². The van der Waals surface area contributed by atoms with Gasteiger partial charge >= 0.3 is 0 Å². The van der Waals surface area contributed by atoms with Gasteiger partial charge in [0.1, 0.15) is 5.82 Å². The van der Waals surface area contributed by atoms with Crippen LogP contribution in [0.5, 0.6) is 0 Å². The number of hydrogen-bond donors (Lipinski definition) is 2. The van der Waals surface area contributed by atoms with Crippen molar-refractivity contribution in [2.75, 3.05) is 13.1 Å². The molecule has 1 aliphatic heterocycles. The van der Waals surface area contributed by atoms with Gasteiger partial charge in [-0.25, -0.2) is 4.98 Å². The zero-order valence-electron chi connectivity index (χ0n) is 10.0. The Hall–Kier alpha value is -1.16. The van der Waals surface area contributed by atoms with Crippen LogP contribution in [0.3, 0.4) is 0 Å². The lowest BCUT2D eigenvalue weighted by atomic mass is 10.0. The number of H-pyrrole nitrogens is 1. The topological polar surface area (TPSA) is 57.8 Å². The van der Waals surface area contributed by atoms with Crippen molar-refractivity contribution in [3.8, 4) is 0 Å². The van der Waals surface area contributed by atoms with Crippen molar-refractivity contribution in [1.29, 1.82) is 0 Å². The Kier molecular flexibility index (Phi) is 2.97. The van der Waals surface area contributed by atoms with Crippen LogP contribution in [0.1, 0.15) is 43.1 Å². The van der Waals surface area contributed by atoms with Crippen molar-refractivity contribution >= 4 is 0 Å². The molecular weight excluding hydrogens is 214 g/mol. The van der Waals surface area contributed by atoms with Crippen molar-refractivity contribution in [1.82, 2.24) is 15.3 Å². The second-order valence-electron chi connectivity index (χ2n) is 5.29. The fraction of sp³-hybridized carbons (Fsp3) is 0.692. The first-order valence-corrected chi connectivity index (χ1v) is 6.62. The van der Waals surface area contributed by atoms with Crippen molar-refractivity contribution < 1.29 is 0 Å². The molecule has 92 valence electrons. The quantitative estimate of drug-likeness (QED) is 0.821. The minimum absolute atomic E-state index is 0.0152. The Morgan fingerprint density at radius 2 is 2.24 bits per heavy atom. The van der Waals surface area contributed by atoms with E-state index in [0.29, 0.717) is 5.92 Å². The molecule has 4 heteroatoms. The van der Waals surface area contributed by atoms with Crippen LogP contribution in [0, 0.1) is 5.92 Å². The minimum Gasteiger partial charge on any atom is -0.316 e. The Morgan fingerprint density at radius 1 is 1.35 bits per heavy atom. The number of rotatable bonds is 4. The molecule has 1 aromatic heterocycles. The molecule has 0 spiro atoms. The molecular formula is C13H19N3O. The van der Waals surface area contributed by atoms with E-state index in [1.165, 1.54) is 19.3 Å². The van der Waals surface area contributed by atoms with Crippen LogP contribution < -0.4 is 10.9 Å². The Labute approximate surface area is 101 Å². The lowest BCUT2D eigenvalue weighted by molar-refractivity contribution is 0.528. The molecule has 2 heterocycles. The molecule has 1 aromatic rings. The monoisotopic (exact) mass is 233 g/mol. The highest BCUT2D eigenvalue weighted by Crippen LogP contribution is 2.37. The fourth-order valence-corrected chi connectivity index (χ4v) is 2.52. The average molecular weight is 233 g/mol. The highest BCUT2D eigenvalue weighted by atomic mass is 16.1. The van der Waals surface area contributed by atoms with Crippen LogP contribution in [0.2, 0.25) is 0 Å². The summed E-state index contributed by atoms with van der Waals surface area (Å²) in [6, 6.07) is 1.66. The van der Waals surface area contributed by atoms with Gasteiger partial charge in [0.05, 0.1) is 0 Å². The number of nitrogens with zero attached hydrogens (tertiary/aromatic N) is 1. The Morgan fingerprint density at radius 3 is 2.94 bits per heavy atom. The molecule has 0 aromatic carbocycles. The van der Waals surface area contributed by atoms with Gasteiger partial charge in [0.2, 0.25) is 0 Å². The van der Waals surface area contributed by atoms with E-state index in [9.17, 15) is 4.79 Å². The normalized spacial score (nSPS) is 24.1. The summed E-state index contributed by atoms with van der Waals surface area (Å²) in [7, 11) is 0. The third-order valence-electron chi connectivity index (χ3n) is 3.75. The van der Waals surface area contributed by atoms with E-state index in [0.717, 1.165) is 43.4 Å². The molecule has 17 heavy (non-hydrogen) atoms. The van der Waals surface area contributed by atoms with Gasteiger partial charge in [-0.3, -0.25) is 4.79 Å². The standard InChI is InChI=1S/C13H19N3O/c17-12-7-11(4-1-9-5-6-14-8-9)15-13(16-12)10-2-3-10/h7,9-10,14H,1-6,8H2,(H,15,16,17). The maximum absolute atomic E-state index is 11.5. The van der Waals surface area contributed by atoms with Gasteiger partial charge in [0, 0.05) is 17.7 Å². The lowest BCUT2D eigenvalue weighted by Gasteiger charge is -2.08. The summed E-state index contributed by atoms with van der Waals surface area (Å²) in [5.41, 5.74) is 0.990. The SMILES string of the molecule is O=c1cc(CCC2CCNC2)nc(C2CC2)[nH]1. The number of nitrogens with one attached hydrogen (secondary N) is 2. The maximum Gasteiger partial charge on any atom is 0.251 e. The van der Waals surface area contributed by atoms with E-state index in [2.05, 4.69) is 15.3 Å². The first-order valence-electron chi connectivity index (χ1n) is 6.62. The molecule has 1 aliphatic carbocycles. The van der Waals surface area contributed by atoms with Crippen LogP contribution in [-0.2, 0) is 6.42 Å². The number of aromatic amines is 1. The summed E-state index contributed by atoms with van der Waals surface area (Å²) in [5.74, 6) is 2.20. The van der Waals surface area contributed by atoms with Crippen LogP contribution in [0.25, 0.3) is 0 Å². The third kappa shape index (κ3) is 2.75. The predicted molar refractivity (Wildman–Crippen MR) is 66.1 cm³/mol. The summed E-state index contributed by atoms with van der Waals surface area (Å²) in [6.45, 7) is 2.26. The highest BCUT2D eigenvalue weighted by molar-refractivity contribution is 5.10. The van der Waals surface area contributed by atoms with E-state index in [-0.39, 0.29) is 5.56 Å². The summed E-state index contributed by atoms with van der Waals surface area (Å²) < 4.78 is 0. The predicted octanol–water partition coefficient (Wildman–Crippen LogP) is 1.19. The molecule has 4 nitrogen and oxygen atoms in total. The van der Waals surface area contributed by atoms with Gasteiger partial charge in [-0.15, -0.1) is 0 Å². The summed E-state index contributed by atoms with van der Waals surface area (Å²) in [5, 5.41) is 3.37. The first-order chi connectivity index (χ1) is 8.31. The fourth-order valence-electron chi connectivity index (χ4n) is 2.52. The molecule has 3 rings (SSSR count). The number of aryl methyl sites for hydroxylation is 1. The lowest BCUT2D eigenvalue weighted by Crippen LogP contribution is -2.14. The van der Waals surface area contributed by atoms with E-state index in [1.807, 2.05) is 0 Å². The Balaban J connectivity index is 1.66. The minimum atomic E-state index is 0.0152. The van der Waals surface area contributed by atoms with Crippen molar-refractivity contribution in [2.45, 2.75) is 38.0 Å². The van der Waals surface area contributed by atoms with Crippen molar-refractivity contribution in [2.24, 2.45) is 5.92 Å². The van der Waals surface area contributed by atoms with Gasteiger partial charge in [-0.2, -0.15) is 0 Å². The molecule has 1 saturated heterocycles. The second-order valence-corrected chi connectivity index (χ2v) is 5.29. The second kappa shape index (κ2) is 4.61. The molecule has 1 unspecified atom stereocenters. The maximum atomic E-state index is 11.5.